The minimum absolute atomic E-state index is 0.195. The third-order valence-corrected chi connectivity index (χ3v) is 3.53. The molecule has 0 aliphatic rings. The summed E-state index contributed by atoms with van der Waals surface area (Å²) in [6.07, 6.45) is -0.190. The Morgan fingerprint density at radius 3 is 2.40 bits per heavy atom. The summed E-state index contributed by atoms with van der Waals surface area (Å²) in [4.78, 5) is 24.4. The van der Waals surface area contributed by atoms with Crippen LogP contribution in [0.5, 0.6) is 0 Å². The van der Waals surface area contributed by atoms with Gasteiger partial charge in [0.15, 0.2) is 0 Å². The summed E-state index contributed by atoms with van der Waals surface area (Å²) < 4.78 is 5.21. The molecule has 0 saturated carbocycles. The van der Waals surface area contributed by atoms with Crippen LogP contribution < -0.4 is 16.2 Å². The largest absolute Gasteiger partial charge is 0.444 e. The number of rotatable bonds is 6. The normalized spacial score (nSPS) is 12.5. The summed E-state index contributed by atoms with van der Waals surface area (Å²) >= 11 is 11.9. The predicted molar refractivity (Wildman–Crippen MR) is 101 cm³/mol. The molecule has 1 atom stereocenters. The lowest BCUT2D eigenvalue weighted by Gasteiger charge is -2.24. The molecule has 2 amide bonds. The van der Waals surface area contributed by atoms with E-state index < -0.39 is 23.6 Å². The average Bonchev–Trinajstić information content (AvgIpc) is 2.44. The van der Waals surface area contributed by atoms with Gasteiger partial charge in [0.25, 0.3) is 5.91 Å². The summed E-state index contributed by atoms with van der Waals surface area (Å²) in [5, 5.41) is 3.48. The maximum atomic E-state index is 12.4. The van der Waals surface area contributed by atoms with Crippen molar-refractivity contribution in [2.24, 2.45) is 5.92 Å². The van der Waals surface area contributed by atoms with Crippen molar-refractivity contribution in [3.63, 3.8) is 0 Å². The second-order valence-corrected chi connectivity index (χ2v) is 7.91. The zero-order valence-corrected chi connectivity index (χ0v) is 16.6. The number of hydrogen-bond acceptors (Lipinski definition) is 4. The minimum Gasteiger partial charge on any atom is -0.444 e. The van der Waals surface area contributed by atoms with Gasteiger partial charge in [-0.2, -0.15) is 0 Å². The molecular weight excluding hydrogens is 365 g/mol. The Kier molecular flexibility index (Phi) is 7.83. The molecule has 1 unspecified atom stereocenters. The molecule has 0 saturated heterocycles. The number of carbonyl (C=O) groups excluding carboxylic acids is 2. The van der Waals surface area contributed by atoms with Crippen molar-refractivity contribution in [2.45, 2.75) is 52.7 Å². The molecule has 1 aromatic carbocycles. The van der Waals surface area contributed by atoms with E-state index in [1.165, 1.54) is 0 Å². The lowest BCUT2D eigenvalue weighted by molar-refractivity contribution is -0.123. The molecule has 140 valence electrons. The molecule has 0 radical (unpaired) electrons. The van der Waals surface area contributed by atoms with Crippen LogP contribution in [-0.2, 0) is 9.53 Å². The number of ether oxygens (including phenoxy) is 1. The number of alkyl carbamates (subject to hydrolysis) is 1. The van der Waals surface area contributed by atoms with Crippen LogP contribution in [-0.4, -0.2) is 23.6 Å². The first kappa shape index (κ1) is 21.4. The highest BCUT2D eigenvalue weighted by Crippen LogP contribution is 2.24. The number of halogens is 2. The van der Waals surface area contributed by atoms with E-state index in [4.69, 9.17) is 27.9 Å². The first-order chi connectivity index (χ1) is 11.5. The number of hydrogen-bond donors (Lipinski definition) is 3. The second kappa shape index (κ2) is 9.15. The van der Waals surface area contributed by atoms with E-state index in [-0.39, 0.29) is 5.92 Å². The van der Waals surface area contributed by atoms with Crippen molar-refractivity contribution in [3.8, 4) is 0 Å². The third kappa shape index (κ3) is 8.31. The Bertz CT molecular complexity index is 616. The summed E-state index contributed by atoms with van der Waals surface area (Å²) in [6.45, 7) is 9.18. The summed E-state index contributed by atoms with van der Waals surface area (Å²) in [5.74, 6) is -0.212. The van der Waals surface area contributed by atoms with Gasteiger partial charge in [0.05, 0.1) is 10.7 Å². The molecule has 0 heterocycles. The predicted octanol–water partition coefficient (Wildman–Crippen LogP) is 4.38. The van der Waals surface area contributed by atoms with Crippen LogP contribution in [0.1, 0.15) is 41.0 Å². The van der Waals surface area contributed by atoms with Gasteiger partial charge in [0, 0.05) is 5.02 Å². The van der Waals surface area contributed by atoms with Crippen LogP contribution >= 0.6 is 23.2 Å². The van der Waals surface area contributed by atoms with E-state index in [2.05, 4.69) is 16.2 Å². The zero-order chi connectivity index (χ0) is 19.2. The Morgan fingerprint density at radius 2 is 1.84 bits per heavy atom. The molecule has 25 heavy (non-hydrogen) atoms. The molecule has 6 nitrogen and oxygen atoms in total. The Balaban J connectivity index is 2.73. The zero-order valence-electron chi connectivity index (χ0n) is 15.1. The smallest absolute Gasteiger partial charge is 0.408 e. The van der Waals surface area contributed by atoms with E-state index >= 15 is 0 Å². The molecule has 0 fully saturated rings. The van der Waals surface area contributed by atoms with E-state index in [0.717, 1.165) is 0 Å². The fraction of sp³-hybridized carbons (Fsp3) is 0.529. The van der Waals surface area contributed by atoms with Gasteiger partial charge in [-0.05, 0) is 51.3 Å². The van der Waals surface area contributed by atoms with Gasteiger partial charge in [-0.1, -0.05) is 37.0 Å². The minimum atomic E-state index is -0.750. The van der Waals surface area contributed by atoms with Crippen molar-refractivity contribution in [1.82, 2.24) is 10.7 Å². The van der Waals surface area contributed by atoms with Crippen LogP contribution in [0.25, 0.3) is 0 Å². The van der Waals surface area contributed by atoms with E-state index in [9.17, 15) is 9.59 Å². The summed E-state index contributed by atoms with van der Waals surface area (Å²) in [5.41, 5.74) is 5.08. The molecule has 1 rings (SSSR count). The lowest BCUT2D eigenvalue weighted by atomic mass is 10.0. The highest BCUT2D eigenvalue weighted by molar-refractivity contribution is 6.35. The maximum Gasteiger partial charge on any atom is 0.408 e. The van der Waals surface area contributed by atoms with E-state index in [1.54, 1.807) is 39.0 Å². The number of benzene rings is 1. The van der Waals surface area contributed by atoms with Gasteiger partial charge in [-0.25, -0.2) is 4.79 Å². The van der Waals surface area contributed by atoms with Crippen molar-refractivity contribution < 1.29 is 14.3 Å². The fourth-order valence-electron chi connectivity index (χ4n) is 1.96. The molecule has 0 aromatic heterocycles. The topological polar surface area (TPSA) is 79.5 Å². The molecule has 0 aliphatic carbocycles. The number of anilines is 1. The molecule has 0 bridgehead atoms. The molecule has 8 heteroatoms. The van der Waals surface area contributed by atoms with Crippen molar-refractivity contribution >= 4 is 40.9 Å². The van der Waals surface area contributed by atoms with Crippen LogP contribution in [0.15, 0.2) is 18.2 Å². The van der Waals surface area contributed by atoms with Crippen molar-refractivity contribution in [2.75, 3.05) is 5.43 Å². The second-order valence-electron chi connectivity index (χ2n) is 7.07. The first-order valence-electron chi connectivity index (χ1n) is 7.98. The van der Waals surface area contributed by atoms with Gasteiger partial charge in [-0.15, -0.1) is 0 Å². The number of nitrogens with one attached hydrogen (secondary N) is 3. The van der Waals surface area contributed by atoms with Gasteiger partial charge in [0.2, 0.25) is 0 Å². The average molecular weight is 390 g/mol. The molecule has 3 N–H and O–H groups in total. The third-order valence-electron chi connectivity index (χ3n) is 2.96. The van der Waals surface area contributed by atoms with Gasteiger partial charge in [0.1, 0.15) is 11.6 Å². The molecule has 0 aliphatic heterocycles. The van der Waals surface area contributed by atoms with Gasteiger partial charge in [-0.3, -0.25) is 15.6 Å². The van der Waals surface area contributed by atoms with E-state index in [0.29, 0.717) is 22.2 Å². The Morgan fingerprint density at radius 1 is 1.20 bits per heavy atom. The van der Waals surface area contributed by atoms with E-state index in [1.807, 2.05) is 13.8 Å². The van der Waals surface area contributed by atoms with Crippen LogP contribution in [0.3, 0.4) is 0 Å². The summed E-state index contributed by atoms with van der Waals surface area (Å²) in [6, 6.07) is 4.09. The quantitative estimate of drug-likeness (QED) is 0.630. The number of amides is 2. The molecule has 1 aromatic rings. The van der Waals surface area contributed by atoms with Gasteiger partial charge < -0.3 is 10.1 Å². The highest BCUT2D eigenvalue weighted by Gasteiger charge is 2.25. The molecular formula is C17H25Cl2N3O3. The lowest BCUT2D eigenvalue weighted by Crippen LogP contribution is -2.50. The number of carbonyl (C=O) groups is 2. The maximum absolute atomic E-state index is 12.4. The van der Waals surface area contributed by atoms with Crippen molar-refractivity contribution in [3.05, 3.63) is 28.2 Å². The SMILES string of the molecule is CC(C)CC(NC(=O)OC(C)(C)C)C(=O)NNc1cc(Cl)ccc1Cl. The number of hydrazine groups is 1. The highest BCUT2D eigenvalue weighted by atomic mass is 35.5. The first-order valence-corrected chi connectivity index (χ1v) is 8.74. The van der Waals surface area contributed by atoms with Crippen LogP contribution in [0.4, 0.5) is 10.5 Å². The standard InChI is InChI=1S/C17H25Cl2N3O3/c1-10(2)8-14(20-16(24)25-17(3,4)5)15(23)22-21-13-9-11(18)6-7-12(13)19/h6-7,9-10,14,21H,8H2,1-5H3,(H,20,24)(H,22,23). The Labute approximate surface area is 158 Å². The summed E-state index contributed by atoms with van der Waals surface area (Å²) in [7, 11) is 0. The van der Waals surface area contributed by atoms with Crippen LogP contribution in [0, 0.1) is 5.92 Å². The Hall–Kier alpha value is -1.66. The monoisotopic (exact) mass is 389 g/mol. The molecule has 0 spiro atoms. The van der Waals surface area contributed by atoms with Crippen molar-refractivity contribution in [1.29, 1.82) is 0 Å². The van der Waals surface area contributed by atoms with Gasteiger partial charge >= 0.3 is 6.09 Å². The van der Waals surface area contributed by atoms with Crippen LogP contribution in [0.2, 0.25) is 10.0 Å². The fourth-order valence-corrected chi connectivity index (χ4v) is 2.30.